The fraction of sp³-hybridized carbons (Fsp3) is 0.611. The molecule has 0 aromatic heterocycles. The third-order valence-electron chi connectivity index (χ3n) is 8.32. The Morgan fingerprint density at radius 1 is 0.571 bits per heavy atom. The van der Waals surface area contributed by atoms with E-state index >= 15 is 0 Å². The minimum atomic E-state index is -1.78. The summed E-state index contributed by atoms with van der Waals surface area (Å²) < 4.78 is 0. The van der Waals surface area contributed by atoms with Gasteiger partial charge in [-0.1, -0.05) is 39.8 Å². The van der Waals surface area contributed by atoms with E-state index in [1.165, 1.54) is 45.0 Å². The van der Waals surface area contributed by atoms with Crippen molar-refractivity contribution in [2.45, 2.75) is 129 Å². The summed E-state index contributed by atoms with van der Waals surface area (Å²) in [5.41, 5.74) is 6.05. The lowest BCUT2D eigenvalue weighted by molar-refractivity contribution is -0.147. The largest absolute Gasteiger partial charge is 0.508 e. The van der Waals surface area contributed by atoms with Gasteiger partial charge in [0.05, 0.1) is 18.6 Å². The van der Waals surface area contributed by atoms with Gasteiger partial charge in [0.25, 0.3) is 0 Å². The molecule has 56 heavy (non-hydrogen) atoms. The maximum atomic E-state index is 13.9. The first kappa shape index (κ1) is 48.7. The molecule has 20 heteroatoms. The van der Waals surface area contributed by atoms with Gasteiger partial charge < -0.3 is 63.2 Å². The highest BCUT2D eigenvalue weighted by Crippen LogP contribution is 2.14. The third kappa shape index (κ3) is 17.0. The Kier molecular flexibility index (Phi) is 19.9. The van der Waals surface area contributed by atoms with Crippen molar-refractivity contribution in [1.82, 2.24) is 31.9 Å². The Morgan fingerprint density at radius 2 is 1.02 bits per heavy atom. The van der Waals surface area contributed by atoms with Crippen molar-refractivity contribution < 1.29 is 63.9 Å². The Labute approximate surface area is 324 Å². The summed E-state index contributed by atoms with van der Waals surface area (Å²) in [4.78, 5) is 102. The number of hydrogen-bond donors (Lipinski definition) is 12. The topological polar surface area (TPSA) is 336 Å². The van der Waals surface area contributed by atoms with Crippen LogP contribution in [0.2, 0.25) is 0 Å². The molecule has 0 aliphatic rings. The molecule has 0 saturated heterocycles. The molecular formula is C36H57N7O13. The standard InChI is InChI=1S/C36H57N7O13/c1-16(2)12-23(31(50)39-24(13-17(3)4)32(51)42-26(36(55)56)15-27(47)48)40-33(52)25(14-21-8-10-22(46)11-9-21)41-35(54)29(20(7)45)43-30(49)18(5)38-34(53)28(37)19(6)44/h8-11,16-20,23-26,28-29,44-46H,12-15,37H2,1-7H3,(H,38,53)(H,39,50)(H,40,52)(H,41,54)(H,42,51)(H,43,49)(H,47,48)(H,55,56)/t18-,19+,20+,23-,24-,25-,26-,28-,29-/m0/s1. The quantitative estimate of drug-likeness (QED) is 0.0550. The highest BCUT2D eigenvalue weighted by molar-refractivity contribution is 5.97. The Morgan fingerprint density at radius 3 is 1.43 bits per heavy atom. The second kappa shape index (κ2) is 22.9. The number of aliphatic hydroxyl groups excluding tert-OH is 2. The number of carbonyl (C=O) groups excluding carboxylic acids is 6. The van der Waals surface area contributed by atoms with Gasteiger partial charge in [-0.2, -0.15) is 0 Å². The summed E-state index contributed by atoms with van der Waals surface area (Å²) in [5, 5.41) is 62.7. The van der Waals surface area contributed by atoms with E-state index in [9.17, 15) is 58.8 Å². The molecule has 1 aromatic carbocycles. The number of hydrogen-bond acceptors (Lipinski definition) is 12. The number of phenols is 1. The first-order chi connectivity index (χ1) is 25.9. The van der Waals surface area contributed by atoms with E-state index in [1.807, 2.05) is 0 Å². The van der Waals surface area contributed by atoms with Gasteiger partial charge in [0.15, 0.2) is 0 Å². The van der Waals surface area contributed by atoms with Crippen LogP contribution in [0.3, 0.4) is 0 Å². The molecule has 0 spiro atoms. The molecule has 0 fully saturated rings. The fourth-order valence-corrected chi connectivity index (χ4v) is 5.21. The number of amides is 6. The lowest BCUT2D eigenvalue weighted by Crippen LogP contribution is -2.62. The van der Waals surface area contributed by atoms with Crippen LogP contribution in [0.4, 0.5) is 0 Å². The van der Waals surface area contributed by atoms with E-state index < -0.39 is 108 Å². The molecular weight excluding hydrogens is 738 g/mol. The van der Waals surface area contributed by atoms with Gasteiger partial charge in [0, 0.05) is 6.42 Å². The molecule has 0 unspecified atom stereocenters. The number of carboxylic acids is 2. The maximum absolute atomic E-state index is 13.9. The monoisotopic (exact) mass is 795 g/mol. The third-order valence-corrected chi connectivity index (χ3v) is 8.32. The van der Waals surface area contributed by atoms with E-state index in [0.717, 1.165) is 0 Å². The second-order valence-corrected chi connectivity index (χ2v) is 14.5. The van der Waals surface area contributed by atoms with Gasteiger partial charge in [0.1, 0.15) is 48.0 Å². The van der Waals surface area contributed by atoms with Crippen LogP contribution in [0.1, 0.15) is 73.3 Å². The van der Waals surface area contributed by atoms with Crippen LogP contribution in [0.5, 0.6) is 5.75 Å². The predicted octanol–water partition coefficient (Wildman–Crippen LogP) is -2.40. The first-order valence-electron chi connectivity index (χ1n) is 18.1. The molecule has 0 bridgehead atoms. The second-order valence-electron chi connectivity index (χ2n) is 14.5. The molecule has 6 amide bonds. The van der Waals surface area contributed by atoms with Crippen LogP contribution in [0.15, 0.2) is 24.3 Å². The first-order valence-corrected chi connectivity index (χ1v) is 18.1. The van der Waals surface area contributed by atoms with Gasteiger partial charge in [0.2, 0.25) is 35.4 Å². The molecule has 1 rings (SSSR count). The predicted molar refractivity (Wildman–Crippen MR) is 199 cm³/mol. The molecule has 0 aliphatic heterocycles. The van der Waals surface area contributed by atoms with Gasteiger partial charge in [-0.05, 0) is 63.1 Å². The highest BCUT2D eigenvalue weighted by atomic mass is 16.4. The number of aliphatic hydroxyl groups is 2. The van der Waals surface area contributed by atoms with E-state index in [-0.39, 0.29) is 36.8 Å². The summed E-state index contributed by atoms with van der Waals surface area (Å²) in [6.07, 6.45) is -3.85. The summed E-state index contributed by atoms with van der Waals surface area (Å²) in [6.45, 7) is 10.7. The maximum Gasteiger partial charge on any atom is 0.326 e. The molecule has 0 heterocycles. The minimum Gasteiger partial charge on any atom is -0.508 e. The normalized spacial score (nSPS) is 16.1. The van der Waals surface area contributed by atoms with Crippen LogP contribution < -0.4 is 37.6 Å². The van der Waals surface area contributed by atoms with Crippen LogP contribution >= 0.6 is 0 Å². The summed E-state index contributed by atoms with van der Waals surface area (Å²) in [6, 6.07) is -4.57. The van der Waals surface area contributed by atoms with E-state index in [2.05, 4.69) is 31.9 Å². The van der Waals surface area contributed by atoms with E-state index in [1.54, 1.807) is 27.7 Å². The van der Waals surface area contributed by atoms with Crippen molar-refractivity contribution in [3.05, 3.63) is 29.8 Å². The van der Waals surface area contributed by atoms with Crippen LogP contribution in [-0.4, -0.2) is 127 Å². The van der Waals surface area contributed by atoms with Crippen molar-refractivity contribution >= 4 is 47.4 Å². The summed E-state index contributed by atoms with van der Waals surface area (Å²) >= 11 is 0. The number of nitrogens with two attached hydrogens (primary N) is 1. The van der Waals surface area contributed by atoms with Crippen molar-refractivity contribution in [2.75, 3.05) is 0 Å². The van der Waals surface area contributed by atoms with Crippen molar-refractivity contribution in [2.24, 2.45) is 17.6 Å². The Hall–Kier alpha value is -5.34. The molecule has 9 atom stereocenters. The molecule has 0 radical (unpaired) electrons. The Bertz CT molecular complexity index is 1540. The zero-order chi connectivity index (χ0) is 43.0. The van der Waals surface area contributed by atoms with Crippen molar-refractivity contribution in [3.8, 4) is 5.75 Å². The lowest BCUT2D eigenvalue weighted by atomic mass is 9.98. The number of benzene rings is 1. The number of aliphatic carboxylic acids is 2. The van der Waals surface area contributed by atoms with Gasteiger partial charge >= 0.3 is 11.9 Å². The number of rotatable bonds is 23. The lowest BCUT2D eigenvalue weighted by Gasteiger charge is -2.29. The van der Waals surface area contributed by atoms with Gasteiger partial charge in [-0.3, -0.25) is 33.6 Å². The highest BCUT2D eigenvalue weighted by Gasteiger charge is 2.35. The van der Waals surface area contributed by atoms with Crippen molar-refractivity contribution in [3.63, 3.8) is 0 Å². The SMILES string of the molecule is CC(C)C[C@H](NC(=O)[C@H](CC(C)C)NC(=O)[C@H](Cc1ccc(O)cc1)NC(=O)[C@@H](NC(=O)[C@H](C)NC(=O)[C@@H](N)[C@@H](C)O)[C@@H](C)O)C(=O)N[C@@H](CC(=O)O)C(=O)O. The molecule has 0 aliphatic carbocycles. The smallest absolute Gasteiger partial charge is 0.326 e. The average Bonchev–Trinajstić information content (AvgIpc) is 3.08. The molecule has 20 nitrogen and oxygen atoms in total. The van der Waals surface area contributed by atoms with Gasteiger partial charge in [-0.15, -0.1) is 0 Å². The number of carbonyl (C=O) groups is 8. The van der Waals surface area contributed by atoms with Crippen molar-refractivity contribution in [1.29, 1.82) is 0 Å². The number of phenolic OH excluding ortho intramolecular Hbond substituents is 1. The molecule has 1 aromatic rings. The zero-order valence-corrected chi connectivity index (χ0v) is 32.6. The summed E-state index contributed by atoms with van der Waals surface area (Å²) in [7, 11) is 0. The molecule has 13 N–H and O–H groups in total. The van der Waals surface area contributed by atoms with E-state index in [4.69, 9.17) is 10.8 Å². The fourth-order valence-electron chi connectivity index (χ4n) is 5.21. The van der Waals surface area contributed by atoms with Crippen LogP contribution in [-0.2, 0) is 44.8 Å². The molecule has 0 saturated carbocycles. The Balaban J connectivity index is 3.39. The molecule has 314 valence electrons. The van der Waals surface area contributed by atoms with Gasteiger partial charge in [-0.25, -0.2) is 4.79 Å². The van der Waals surface area contributed by atoms with E-state index in [0.29, 0.717) is 5.56 Å². The van der Waals surface area contributed by atoms with Crippen LogP contribution in [0, 0.1) is 11.8 Å². The zero-order valence-electron chi connectivity index (χ0n) is 32.6. The average molecular weight is 796 g/mol. The number of nitrogens with one attached hydrogen (secondary N) is 6. The summed E-state index contributed by atoms with van der Waals surface area (Å²) in [5.74, 6) is -9.08. The minimum absolute atomic E-state index is 0.0149. The van der Waals surface area contributed by atoms with Crippen LogP contribution in [0.25, 0.3) is 0 Å². The number of aromatic hydroxyl groups is 1. The number of carboxylic acid groups (broad SMARTS) is 2.